The molecule has 0 radical (unpaired) electrons. The van der Waals surface area contributed by atoms with Crippen LogP contribution in [0.3, 0.4) is 0 Å². The van der Waals surface area contributed by atoms with Crippen molar-refractivity contribution >= 4 is 43.2 Å². The Bertz CT molecular complexity index is 2740. The molecule has 4 heterocycles. The molecular formula is C57H59Br2FN4O4S. The topological polar surface area (TPSA) is 96.8 Å². The van der Waals surface area contributed by atoms with Crippen LogP contribution in [0.25, 0.3) is 44.2 Å². The standard InChI is InChI=1S/C15H16BrNO2.C14H13BrFNO.C14H15NO.C14H15NS/c1-18-14-5-2-10(15-13(16)6-7-19-15)8-11(14)9-17-12-3-4-12;15-12-5-6-18-14(12)9-1-4-13(16)10(7-9)8-17-11-2-3-11;1-2-11(9-15-14-4-5-14)8-12(3-1)13-6-7-16-10-13;1-3-11(10-15-13-6-7-13)9-12(4-1)14-5-2-8-16-14/h2,5-8,12,17H,3-4,9H2,1H3;1,4-7,11,17H,2-3,8H2;1-3,6-8,10,14-15H,4-5,9H2;1-5,8-9,13,15H,6-7,10H2. The first kappa shape index (κ1) is 49.0. The highest BCUT2D eigenvalue weighted by Crippen LogP contribution is 2.34. The van der Waals surface area contributed by atoms with E-state index in [4.69, 9.17) is 18.0 Å². The van der Waals surface area contributed by atoms with E-state index in [-0.39, 0.29) is 5.82 Å². The van der Waals surface area contributed by atoms with Gasteiger partial charge in [0.1, 0.15) is 23.1 Å². The van der Waals surface area contributed by atoms with E-state index in [0.29, 0.717) is 24.2 Å². The molecule has 0 saturated heterocycles. The molecule has 4 fully saturated rings. The maximum Gasteiger partial charge on any atom is 0.148 e. The molecule has 4 aromatic carbocycles. The lowest BCUT2D eigenvalue weighted by Crippen LogP contribution is -2.16. The van der Waals surface area contributed by atoms with Crippen molar-refractivity contribution in [2.45, 2.75) is 102 Å². The fraction of sp³-hybridized carbons (Fsp3) is 0.298. The molecule has 0 atom stereocenters. The molecule has 4 aliphatic carbocycles. The maximum atomic E-state index is 13.7. The number of benzene rings is 4. The third-order valence-electron chi connectivity index (χ3n) is 12.3. The Morgan fingerprint density at radius 2 is 1.07 bits per heavy atom. The number of nitrogens with one attached hydrogen (secondary N) is 4. The highest BCUT2D eigenvalue weighted by Gasteiger charge is 2.23. The number of hydrogen-bond donors (Lipinski definition) is 4. The van der Waals surface area contributed by atoms with Gasteiger partial charge in [-0.25, -0.2) is 4.39 Å². The molecule has 0 aliphatic heterocycles. The molecule has 69 heavy (non-hydrogen) atoms. The summed E-state index contributed by atoms with van der Waals surface area (Å²) in [5.74, 6) is 2.34. The van der Waals surface area contributed by atoms with Crippen molar-refractivity contribution in [1.82, 2.24) is 21.3 Å². The number of halogens is 3. The van der Waals surface area contributed by atoms with E-state index < -0.39 is 0 Å². The predicted molar refractivity (Wildman–Crippen MR) is 284 cm³/mol. The van der Waals surface area contributed by atoms with Crippen LogP contribution in [0.5, 0.6) is 5.75 Å². The lowest BCUT2D eigenvalue weighted by molar-refractivity contribution is 0.407. The molecule has 4 aliphatic rings. The van der Waals surface area contributed by atoms with Crippen molar-refractivity contribution in [3.05, 3.63) is 183 Å². The van der Waals surface area contributed by atoms with Gasteiger partial charge in [0.15, 0.2) is 0 Å². The van der Waals surface area contributed by atoms with E-state index in [0.717, 1.165) is 80.2 Å². The van der Waals surface area contributed by atoms with Gasteiger partial charge in [0.25, 0.3) is 0 Å². The number of thiophene rings is 1. The zero-order valence-electron chi connectivity index (χ0n) is 38.8. The van der Waals surface area contributed by atoms with Crippen LogP contribution >= 0.6 is 43.2 Å². The minimum absolute atomic E-state index is 0.172. The molecule has 0 spiro atoms. The SMILES string of the molecule is COc1ccc(-c2occc2Br)cc1CNC1CC1.Fc1ccc(-c2occc2Br)cc1CNC1CC1.c1cc(CNC2CC2)cc(-c2cccs2)c1.c1cc(CNC2CC2)cc(-c2ccoc2)c1. The van der Waals surface area contributed by atoms with Crippen LogP contribution in [0, 0.1) is 5.82 Å². The van der Waals surface area contributed by atoms with Crippen LogP contribution in [0.4, 0.5) is 4.39 Å². The van der Waals surface area contributed by atoms with E-state index in [1.165, 1.54) is 84.6 Å². The molecule has 4 N–H and O–H groups in total. The van der Waals surface area contributed by atoms with Crippen LogP contribution in [-0.2, 0) is 26.2 Å². The summed E-state index contributed by atoms with van der Waals surface area (Å²) in [7, 11) is 1.71. The number of furan rings is 3. The lowest BCUT2D eigenvalue weighted by atomic mass is 10.1. The average Bonchev–Trinajstić information content (AvgIpc) is 4.33. The van der Waals surface area contributed by atoms with Gasteiger partial charge in [-0.15, -0.1) is 11.3 Å². The largest absolute Gasteiger partial charge is 0.496 e. The van der Waals surface area contributed by atoms with Crippen molar-refractivity contribution in [2.75, 3.05) is 7.11 Å². The van der Waals surface area contributed by atoms with Crippen LogP contribution in [0.2, 0.25) is 0 Å². The second-order valence-electron chi connectivity index (χ2n) is 18.0. The second-order valence-corrected chi connectivity index (χ2v) is 20.7. The second kappa shape index (κ2) is 24.2. The highest BCUT2D eigenvalue weighted by molar-refractivity contribution is 9.11. The normalized spacial score (nSPS) is 15.0. The number of hydrogen-bond acceptors (Lipinski definition) is 9. The third-order valence-corrected chi connectivity index (χ3v) is 14.4. The summed E-state index contributed by atoms with van der Waals surface area (Å²) in [6, 6.07) is 41.5. The third kappa shape index (κ3) is 15.0. The van der Waals surface area contributed by atoms with Gasteiger partial charge in [0.05, 0.1) is 41.1 Å². The monoisotopic (exact) mass is 1070 g/mol. The van der Waals surface area contributed by atoms with Crippen molar-refractivity contribution in [1.29, 1.82) is 0 Å². The molecule has 8 aromatic rings. The van der Waals surface area contributed by atoms with E-state index >= 15 is 0 Å². The predicted octanol–water partition coefficient (Wildman–Crippen LogP) is 14.9. The van der Waals surface area contributed by atoms with Gasteiger partial charge < -0.3 is 39.3 Å². The minimum atomic E-state index is -0.172. The van der Waals surface area contributed by atoms with Gasteiger partial charge in [0, 0.05) is 83.0 Å². The van der Waals surface area contributed by atoms with E-state index in [1.54, 1.807) is 49.6 Å². The molecule has 0 bridgehead atoms. The lowest BCUT2D eigenvalue weighted by Gasteiger charge is -2.11. The van der Waals surface area contributed by atoms with Crippen molar-refractivity contribution in [3.63, 3.8) is 0 Å². The van der Waals surface area contributed by atoms with Crippen molar-refractivity contribution in [2.24, 2.45) is 0 Å². The van der Waals surface area contributed by atoms with Crippen LogP contribution in [0.1, 0.15) is 73.6 Å². The maximum absolute atomic E-state index is 13.7. The Hall–Kier alpha value is -5.05. The average molecular weight is 1070 g/mol. The quantitative estimate of drug-likeness (QED) is 0.0716. The molecule has 358 valence electrons. The number of ether oxygens (including phenoxy) is 1. The Kier molecular flexibility index (Phi) is 17.2. The van der Waals surface area contributed by atoms with Crippen molar-refractivity contribution in [3.8, 4) is 50.0 Å². The van der Waals surface area contributed by atoms with Crippen LogP contribution < -0.4 is 26.0 Å². The first-order valence-electron chi connectivity index (χ1n) is 23.9. The fourth-order valence-electron chi connectivity index (χ4n) is 7.66. The number of rotatable bonds is 17. The van der Waals surface area contributed by atoms with Gasteiger partial charge >= 0.3 is 0 Å². The van der Waals surface area contributed by atoms with Crippen molar-refractivity contribution < 1.29 is 22.4 Å². The van der Waals surface area contributed by atoms with E-state index in [9.17, 15) is 4.39 Å². The summed E-state index contributed by atoms with van der Waals surface area (Å²) in [5.41, 5.74) is 10.2. The molecule has 12 rings (SSSR count). The van der Waals surface area contributed by atoms with Crippen LogP contribution in [0.15, 0.2) is 168 Å². The summed E-state index contributed by atoms with van der Waals surface area (Å²) >= 11 is 8.71. The summed E-state index contributed by atoms with van der Waals surface area (Å²) in [6.07, 6.45) is 17.1. The highest BCUT2D eigenvalue weighted by atomic mass is 79.9. The molecular weight excluding hydrogens is 1020 g/mol. The molecule has 0 amide bonds. The number of methoxy groups -OCH3 is 1. The first-order valence-corrected chi connectivity index (χ1v) is 26.4. The van der Waals surface area contributed by atoms with Gasteiger partial charge in [-0.1, -0.05) is 42.5 Å². The summed E-state index contributed by atoms with van der Waals surface area (Å²) in [4.78, 5) is 1.35. The summed E-state index contributed by atoms with van der Waals surface area (Å²) < 4.78 is 37.0. The molecule has 8 nitrogen and oxygen atoms in total. The van der Waals surface area contributed by atoms with E-state index in [2.05, 4.69) is 125 Å². The molecule has 4 aromatic heterocycles. The summed E-state index contributed by atoms with van der Waals surface area (Å²) in [5, 5.41) is 16.0. The zero-order chi connectivity index (χ0) is 47.4. The fourth-order valence-corrected chi connectivity index (χ4v) is 9.24. The molecule has 4 saturated carbocycles. The first-order chi connectivity index (χ1) is 33.8. The van der Waals surface area contributed by atoms with Gasteiger partial charge in [-0.3, -0.25) is 0 Å². The Labute approximate surface area is 425 Å². The van der Waals surface area contributed by atoms with Gasteiger partial charge in [-0.05, 0) is 184 Å². The summed E-state index contributed by atoms with van der Waals surface area (Å²) in [6.45, 7) is 3.38. The Balaban J connectivity index is 0.000000115. The van der Waals surface area contributed by atoms with Crippen LogP contribution in [-0.4, -0.2) is 31.3 Å². The molecule has 0 unspecified atom stereocenters. The van der Waals surface area contributed by atoms with Gasteiger partial charge in [0.2, 0.25) is 0 Å². The van der Waals surface area contributed by atoms with E-state index in [1.807, 2.05) is 36.4 Å². The smallest absolute Gasteiger partial charge is 0.148 e. The Morgan fingerprint density at radius 1 is 0.536 bits per heavy atom. The Morgan fingerprint density at radius 3 is 1.58 bits per heavy atom. The molecule has 12 heteroatoms. The van der Waals surface area contributed by atoms with Gasteiger partial charge in [-0.2, -0.15) is 0 Å². The zero-order valence-corrected chi connectivity index (χ0v) is 42.8. The minimum Gasteiger partial charge on any atom is -0.496 e.